The summed E-state index contributed by atoms with van der Waals surface area (Å²) in [7, 11) is 0. The summed E-state index contributed by atoms with van der Waals surface area (Å²) >= 11 is 0. The first-order chi connectivity index (χ1) is 8.71. The zero-order valence-corrected chi connectivity index (χ0v) is 11.2. The number of aryl methyl sites for hydroxylation is 1. The standard InChI is InChI=1S/C14H23NO3/c1-3-5-11-6-7-13(17-4-2)14(8-11)18-10-12(16)9-15/h6-8,12,16H,3-5,9-10,15H2,1-2H3. The van der Waals surface area contributed by atoms with Gasteiger partial charge in [0.25, 0.3) is 0 Å². The van der Waals surface area contributed by atoms with Gasteiger partial charge in [-0.1, -0.05) is 19.4 Å². The number of benzene rings is 1. The molecule has 1 atom stereocenters. The third-order valence-electron chi connectivity index (χ3n) is 2.55. The van der Waals surface area contributed by atoms with Crippen LogP contribution in [-0.2, 0) is 6.42 Å². The van der Waals surface area contributed by atoms with Crippen molar-refractivity contribution in [3.05, 3.63) is 23.8 Å². The molecule has 1 unspecified atom stereocenters. The van der Waals surface area contributed by atoms with Gasteiger partial charge in [-0.05, 0) is 31.0 Å². The zero-order chi connectivity index (χ0) is 13.4. The lowest BCUT2D eigenvalue weighted by atomic mass is 10.1. The average Bonchev–Trinajstić information content (AvgIpc) is 2.39. The normalized spacial score (nSPS) is 12.2. The zero-order valence-electron chi connectivity index (χ0n) is 11.2. The molecule has 1 rings (SSSR count). The lowest BCUT2D eigenvalue weighted by Crippen LogP contribution is -2.26. The molecule has 18 heavy (non-hydrogen) atoms. The largest absolute Gasteiger partial charge is 0.490 e. The van der Waals surface area contributed by atoms with Gasteiger partial charge in [-0.15, -0.1) is 0 Å². The van der Waals surface area contributed by atoms with Gasteiger partial charge >= 0.3 is 0 Å². The van der Waals surface area contributed by atoms with Crippen LogP contribution in [0, 0.1) is 0 Å². The minimum atomic E-state index is -0.644. The quantitative estimate of drug-likeness (QED) is 0.740. The van der Waals surface area contributed by atoms with Crippen LogP contribution in [0.25, 0.3) is 0 Å². The van der Waals surface area contributed by atoms with Crippen LogP contribution in [-0.4, -0.2) is 31.0 Å². The molecule has 0 aliphatic rings. The van der Waals surface area contributed by atoms with Crippen molar-refractivity contribution in [1.29, 1.82) is 0 Å². The molecule has 0 heterocycles. The van der Waals surface area contributed by atoms with E-state index in [4.69, 9.17) is 15.2 Å². The van der Waals surface area contributed by atoms with E-state index >= 15 is 0 Å². The van der Waals surface area contributed by atoms with Crippen LogP contribution >= 0.6 is 0 Å². The number of hydrogen-bond acceptors (Lipinski definition) is 4. The van der Waals surface area contributed by atoms with Gasteiger partial charge in [-0.2, -0.15) is 0 Å². The molecule has 0 radical (unpaired) electrons. The summed E-state index contributed by atoms with van der Waals surface area (Å²) in [4.78, 5) is 0. The fraction of sp³-hybridized carbons (Fsp3) is 0.571. The molecule has 0 aliphatic carbocycles. The summed E-state index contributed by atoms with van der Waals surface area (Å²) in [6, 6.07) is 5.93. The topological polar surface area (TPSA) is 64.7 Å². The Kier molecular flexibility index (Phi) is 6.54. The number of aliphatic hydroxyl groups is 1. The van der Waals surface area contributed by atoms with E-state index in [0.717, 1.165) is 12.8 Å². The Morgan fingerprint density at radius 2 is 2.00 bits per heavy atom. The fourth-order valence-electron chi connectivity index (χ4n) is 1.64. The van der Waals surface area contributed by atoms with E-state index in [1.165, 1.54) is 5.56 Å². The molecule has 1 aromatic rings. The lowest BCUT2D eigenvalue weighted by Gasteiger charge is -2.15. The first-order valence-electron chi connectivity index (χ1n) is 6.47. The van der Waals surface area contributed by atoms with Gasteiger partial charge in [0, 0.05) is 6.54 Å². The Morgan fingerprint density at radius 3 is 2.61 bits per heavy atom. The van der Waals surface area contributed by atoms with Gasteiger partial charge in [0.05, 0.1) is 6.61 Å². The van der Waals surface area contributed by atoms with E-state index in [1.54, 1.807) is 0 Å². The summed E-state index contributed by atoms with van der Waals surface area (Å²) < 4.78 is 11.1. The molecule has 1 aromatic carbocycles. The van der Waals surface area contributed by atoms with Crippen LogP contribution in [0.4, 0.5) is 0 Å². The van der Waals surface area contributed by atoms with Crippen LogP contribution in [0.2, 0.25) is 0 Å². The summed E-state index contributed by atoms with van der Waals surface area (Å²) in [5.41, 5.74) is 6.56. The lowest BCUT2D eigenvalue weighted by molar-refractivity contribution is 0.111. The van der Waals surface area contributed by atoms with Gasteiger partial charge in [-0.3, -0.25) is 0 Å². The second kappa shape index (κ2) is 7.95. The minimum Gasteiger partial charge on any atom is -0.490 e. The SMILES string of the molecule is CCCc1ccc(OCC)c(OCC(O)CN)c1. The maximum atomic E-state index is 9.42. The van der Waals surface area contributed by atoms with Gasteiger partial charge in [0.1, 0.15) is 12.7 Å². The maximum Gasteiger partial charge on any atom is 0.161 e. The van der Waals surface area contributed by atoms with Crippen LogP contribution in [0.3, 0.4) is 0 Å². The summed E-state index contributed by atoms with van der Waals surface area (Å²) in [6.07, 6.45) is 1.44. The van der Waals surface area contributed by atoms with Crippen molar-refractivity contribution in [1.82, 2.24) is 0 Å². The minimum absolute atomic E-state index is 0.187. The first kappa shape index (κ1) is 14.8. The molecule has 0 aromatic heterocycles. The molecular weight excluding hydrogens is 230 g/mol. The Bertz CT molecular complexity index is 355. The Morgan fingerprint density at radius 1 is 1.22 bits per heavy atom. The van der Waals surface area contributed by atoms with Gasteiger partial charge in [0.15, 0.2) is 11.5 Å². The number of ether oxygens (including phenoxy) is 2. The highest BCUT2D eigenvalue weighted by molar-refractivity contribution is 5.43. The Hall–Kier alpha value is -1.26. The highest BCUT2D eigenvalue weighted by Crippen LogP contribution is 2.29. The van der Waals surface area contributed by atoms with Crippen molar-refractivity contribution in [2.45, 2.75) is 32.8 Å². The molecule has 4 heteroatoms. The van der Waals surface area contributed by atoms with Crippen LogP contribution in [0.15, 0.2) is 18.2 Å². The second-order valence-electron chi connectivity index (χ2n) is 4.16. The molecule has 4 nitrogen and oxygen atoms in total. The first-order valence-corrected chi connectivity index (χ1v) is 6.47. The van der Waals surface area contributed by atoms with E-state index in [1.807, 2.05) is 25.1 Å². The van der Waals surface area contributed by atoms with Crippen LogP contribution in [0.1, 0.15) is 25.8 Å². The number of rotatable bonds is 8. The summed E-state index contributed by atoms with van der Waals surface area (Å²) in [6.45, 7) is 5.03. The molecule has 3 N–H and O–H groups in total. The third-order valence-corrected chi connectivity index (χ3v) is 2.55. The third kappa shape index (κ3) is 4.55. The number of nitrogens with two attached hydrogens (primary N) is 1. The second-order valence-corrected chi connectivity index (χ2v) is 4.16. The molecule has 0 bridgehead atoms. The molecule has 0 fully saturated rings. The average molecular weight is 253 g/mol. The predicted molar refractivity (Wildman–Crippen MR) is 72.2 cm³/mol. The molecule has 0 aliphatic heterocycles. The van der Waals surface area contributed by atoms with Crippen molar-refractivity contribution in [3.63, 3.8) is 0 Å². The summed E-state index contributed by atoms with van der Waals surface area (Å²) in [5, 5.41) is 9.42. The number of aliphatic hydroxyl groups excluding tert-OH is 1. The molecule has 102 valence electrons. The molecular formula is C14H23NO3. The molecule has 0 saturated heterocycles. The van der Waals surface area contributed by atoms with Crippen molar-refractivity contribution in [2.24, 2.45) is 5.73 Å². The smallest absolute Gasteiger partial charge is 0.161 e. The maximum absolute atomic E-state index is 9.42. The Balaban J connectivity index is 2.78. The van der Waals surface area contributed by atoms with E-state index < -0.39 is 6.10 Å². The van der Waals surface area contributed by atoms with Crippen LogP contribution in [0.5, 0.6) is 11.5 Å². The molecule has 0 amide bonds. The number of hydrogen-bond donors (Lipinski definition) is 2. The van der Waals surface area contributed by atoms with Crippen molar-refractivity contribution >= 4 is 0 Å². The van der Waals surface area contributed by atoms with Gasteiger partial charge < -0.3 is 20.3 Å². The monoisotopic (exact) mass is 253 g/mol. The van der Waals surface area contributed by atoms with Crippen molar-refractivity contribution in [2.75, 3.05) is 19.8 Å². The highest BCUT2D eigenvalue weighted by Gasteiger charge is 2.09. The molecule has 0 saturated carbocycles. The van der Waals surface area contributed by atoms with E-state index in [9.17, 15) is 5.11 Å². The van der Waals surface area contributed by atoms with Crippen LogP contribution < -0.4 is 15.2 Å². The van der Waals surface area contributed by atoms with E-state index in [-0.39, 0.29) is 13.2 Å². The van der Waals surface area contributed by atoms with E-state index in [2.05, 4.69) is 6.92 Å². The molecule has 0 spiro atoms. The van der Waals surface area contributed by atoms with Gasteiger partial charge in [-0.25, -0.2) is 0 Å². The summed E-state index contributed by atoms with van der Waals surface area (Å²) in [5.74, 6) is 1.39. The van der Waals surface area contributed by atoms with Crippen molar-refractivity contribution in [3.8, 4) is 11.5 Å². The van der Waals surface area contributed by atoms with E-state index in [0.29, 0.717) is 18.1 Å². The Labute approximate surface area is 109 Å². The van der Waals surface area contributed by atoms with Gasteiger partial charge in [0.2, 0.25) is 0 Å². The van der Waals surface area contributed by atoms with Crippen molar-refractivity contribution < 1.29 is 14.6 Å². The predicted octanol–water partition coefficient (Wildman–Crippen LogP) is 1.74. The fourth-order valence-corrected chi connectivity index (χ4v) is 1.64. The highest BCUT2D eigenvalue weighted by atomic mass is 16.5.